The summed E-state index contributed by atoms with van der Waals surface area (Å²) >= 11 is 0. The highest BCUT2D eigenvalue weighted by atomic mass is 16.4. The average Bonchev–Trinajstić information content (AvgIpc) is 3.17. The van der Waals surface area contributed by atoms with Gasteiger partial charge in [0.05, 0.1) is 30.7 Å². The standard InChI is InChI=1S/C19H27N3O5/c1-10(7-12-5-4-6-21(12)15(24)9-20-3)13-8-14-16(11(2)23)18(25)22(14)17(13)19(26)27/h7,11-12,14,16,20,23H,4-6,8-9H2,1-3H3,(H,26,27)/t11-,12+,14-,16-/m1/s1. The van der Waals surface area contributed by atoms with Crippen molar-refractivity contribution in [1.82, 2.24) is 15.1 Å². The van der Waals surface area contributed by atoms with Gasteiger partial charge in [-0.1, -0.05) is 6.08 Å². The molecule has 0 aromatic heterocycles. The van der Waals surface area contributed by atoms with Crippen LogP contribution in [0.15, 0.2) is 22.9 Å². The van der Waals surface area contributed by atoms with Crippen molar-refractivity contribution in [2.45, 2.75) is 51.3 Å². The van der Waals surface area contributed by atoms with Gasteiger partial charge in [-0.15, -0.1) is 0 Å². The molecular weight excluding hydrogens is 350 g/mol. The van der Waals surface area contributed by atoms with Crippen molar-refractivity contribution in [2.24, 2.45) is 5.92 Å². The predicted octanol–water partition coefficient (Wildman–Crippen LogP) is 0.0933. The number of allylic oxidation sites excluding steroid dienone is 1. The van der Waals surface area contributed by atoms with Crippen molar-refractivity contribution in [3.8, 4) is 0 Å². The summed E-state index contributed by atoms with van der Waals surface area (Å²) in [6.07, 6.45) is 3.31. The lowest BCUT2D eigenvalue weighted by molar-refractivity contribution is -0.161. The molecule has 0 radical (unpaired) electrons. The average molecular weight is 377 g/mol. The van der Waals surface area contributed by atoms with Gasteiger partial charge < -0.3 is 25.3 Å². The summed E-state index contributed by atoms with van der Waals surface area (Å²) < 4.78 is 0. The number of hydrogen-bond donors (Lipinski definition) is 3. The van der Waals surface area contributed by atoms with E-state index in [0.717, 1.165) is 18.4 Å². The summed E-state index contributed by atoms with van der Waals surface area (Å²) in [7, 11) is 1.73. The minimum absolute atomic E-state index is 0.0155. The van der Waals surface area contributed by atoms with E-state index in [9.17, 15) is 24.6 Å². The minimum atomic E-state index is -1.13. The monoisotopic (exact) mass is 377 g/mol. The Morgan fingerprint density at radius 2 is 2.11 bits per heavy atom. The maximum Gasteiger partial charge on any atom is 0.352 e. The van der Waals surface area contributed by atoms with Crippen molar-refractivity contribution < 1.29 is 24.6 Å². The Morgan fingerprint density at radius 1 is 1.41 bits per heavy atom. The minimum Gasteiger partial charge on any atom is -0.477 e. The Labute approximate surface area is 158 Å². The Balaban J connectivity index is 1.86. The number of hydrogen-bond acceptors (Lipinski definition) is 5. The molecule has 0 aromatic carbocycles. The molecule has 148 valence electrons. The van der Waals surface area contributed by atoms with Gasteiger partial charge in [0.2, 0.25) is 11.8 Å². The SMILES string of the molecule is CNCC(=O)N1CCC[C@H]1C=C(C)C1=C(C(=O)O)N2C(=O)[C@H]([C@@H](C)O)[C@H]2C1. The van der Waals surface area contributed by atoms with Crippen LogP contribution in [-0.4, -0.2) is 76.1 Å². The number of aliphatic hydroxyl groups is 1. The predicted molar refractivity (Wildman–Crippen MR) is 97.5 cm³/mol. The van der Waals surface area contributed by atoms with Gasteiger partial charge >= 0.3 is 5.97 Å². The number of carbonyl (C=O) groups excluding carboxylic acids is 2. The second-order valence-electron chi connectivity index (χ2n) is 7.56. The van der Waals surface area contributed by atoms with E-state index in [-0.39, 0.29) is 36.1 Å². The number of β-lactam (4-membered cyclic amide) rings is 1. The first-order valence-corrected chi connectivity index (χ1v) is 9.38. The molecule has 0 saturated carbocycles. The molecule has 3 heterocycles. The lowest BCUT2D eigenvalue weighted by Gasteiger charge is -2.44. The van der Waals surface area contributed by atoms with Crippen LogP contribution < -0.4 is 5.32 Å². The fraction of sp³-hybridized carbons (Fsp3) is 0.632. The van der Waals surface area contributed by atoms with Crippen molar-refractivity contribution in [2.75, 3.05) is 20.1 Å². The second-order valence-corrected chi connectivity index (χ2v) is 7.56. The maximum absolute atomic E-state index is 12.3. The van der Waals surface area contributed by atoms with Gasteiger partial charge in [-0.05, 0) is 51.3 Å². The number of carbonyl (C=O) groups is 3. The van der Waals surface area contributed by atoms with E-state index < -0.39 is 18.0 Å². The van der Waals surface area contributed by atoms with Crippen molar-refractivity contribution in [3.63, 3.8) is 0 Å². The molecule has 27 heavy (non-hydrogen) atoms. The van der Waals surface area contributed by atoms with E-state index in [4.69, 9.17) is 0 Å². The fourth-order valence-corrected chi connectivity index (χ4v) is 4.54. The van der Waals surface area contributed by atoms with E-state index >= 15 is 0 Å². The number of carboxylic acid groups (broad SMARTS) is 1. The third kappa shape index (κ3) is 3.27. The van der Waals surface area contributed by atoms with Crippen LogP contribution in [0.5, 0.6) is 0 Å². The van der Waals surface area contributed by atoms with E-state index in [1.807, 2.05) is 17.9 Å². The molecule has 3 N–H and O–H groups in total. The zero-order chi connectivity index (χ0) is 19.9. The smallest absolute Gasteiger partial charge is 0.352 e. The highest BCUT2D eigenvalue weighted by Gasteiger charge is 2.56. The molecule has 4 atom stereocenters. The number of nitrogens with one attached hydrogen (secondary N) is 1. The molecule has 0 unspecified atom stereocenters. The van der Waals surface area contributed by atoms with Crippen LogP contribution in [0.4, 0.5) is 0 Å². The Morgan fingerprint density at radius 3 is 2.70 bits per heavy atom. The summed E-state index contributed by atoms with van der Waals surface area (Å²) in [6, 6.07) is -0.363. The van der Waals surface area contributed by atoms with Gasteiger partial charge in [0.15, 0.2) is 0 Å². The number of amides is 2. The number of rotatable bonds is 6. The third-order valence-electron chi connectivity index (χ3n) is 5.80. The summed E-state index contributed by atoms with van der Waals surface area (Å²) in [5.74, 6) is -1.99. The molecule has 0 aliphatic carbocycles. The topological polar surface area (TPSA) is 110 Å². The maximum atomic E-state index is 12.3. The summed E-state index contributed by atoms with van der Waals surface area (Å²) in [6.45, 7) is 4.36. The molecule has 3 aliphatic heterocycles. The van der Waals surface area contributed by atoms with Crippen LogP contribution in [0.1, 0.15) is 33.1 Å². The quantitative estimate of drug-likeness (QED) is 0.566. The van der Waals surface area contributed by atoms with Gasteiger partial charge in [0, 0.05) is 6.54 Å². The Kier molecular flexibility index (Phi) is 5.39. The molecular formula is C19H27N3O5. The Hall–Kier alpha value is -2.19. The lowest BCUT2D eigenvalue weighted by atomic mass is 9.82. The van der Waals surface area contributed by atoms with E-state index in [0.29, 0.717) is 18.5 Å². The van der Waals surface area contributed by atoms with Crippen LogP contribution >= 0.6 is 0 Å². The normalized spacial score (nSPS) is 29.1. The summed E-state index contributed by atoms with van der Waals surface area (Å²) in [4.78, 5) is 39.5. The van der Waals surface area contributed by atoms with Crippen LogP contribution in [0.2, 0.25) is 0 Å². The summed E-state index contributed by atoms with van der Waals surface area (Å²) in [5, 5.41) is 22.4. The van der Waals surface area contributed by atoms with Gasteiger partial charge in [0.1, 0.15) is 5.70 Å². The molecule has 8 heteroatoms. The second kappa shape index (κ2) is 7.44. The molecule has 0 aromatic rings. The van der Waals surface area contributed by atoms with Crippen LogP contribution in [0.3, 0.4) is 0 Å². The van der Waals surface area contributed by atoms with Crippen LogP contribution in [-0.2, 0) is 14.4 Å². The molecule has 0 bridgehead atoms. The first kappa shape index (κ1) is 19.6. The number of fused-ring (bicyclic) bond motifs is 1. The van der Waals surface area contributed by atoms with Gasteiger partial charge in [0.25, 0.3) is 0 Å². The van der Waals surface area contributed by atoms with Crippen molar-refractivity contribution in [1.29, 1.82) is 0 Å². The molecule has 2 amide bonds. The molecule has 2 saturated heterocycles. The highest BCUT2D eigenvalue weighted by Crippen LogP contribution is 2.45. The van der Waals surface area contributed by atoms with Gasteiger partial charge in [-0.3, -0.25) is 9.59 Å². The molecule has 3 aliphatic rings. The zero-order valence-corrected chi connectivity index (χ0v) is 15.9. The number of aliphatic carboxylic acids is 1. The molecule has 2 fully saturated rings. The number of carboxylic acids is 1. The largest absolute Gasteiger partial charge is 0.477 e. The first-order valence-electron chi connectivity index (χ1n) is 9.38. The number of likely N-dealkylation sites (N-methyl/N-ethyl adjacent to an activating group) is 1. The van der Waals surface area contributed by atoms with E-state index in [2.05, 4.69) is 5.32 Å². The van der Waals surface area contributed by atoms with E-state index in [1.54, 1.807) is 14.0 Å². The number of likely N-dealkylation sites (tertiary alicyclic amines) is 1. The Bertz CT molecular complexity index is 727. The highest BCUT2D eigenvalue weighted by molar-refractivity contribution is 6.00. The lowest BCUT2D eigenvalue weighted by Crippen LogP contribution is -2.61. The fourth-order valence-electron chi connectivity index (χ4n) is 4.54. The number of nitrogens with zero attached hydrogens (tertiary/aromatic N) is 2. The van der Waals surface area contributed by atoms with Gasteiger partial charge in [-0.2, -0.15) is 0 Å². The van der Waals surface area contributed by atoms with Gasteiger partial charge in [-0.25, -0.2) is 4.79 Å². The molecule has 0 spiro atoms. The molecule has 8 nitrogen and oxygen atoms in total. The molecule has 3 rings (SSSR count). The van der Waals surface area contributed by atoms with Crippen LogP contribution in [0, 0.1) is 5.92 Å². The zero-order valence-electron chi connectivity index (χ0n) is 15.9. The van der Waals surface area contributed by atoms with Crippen molar-refractivity contribution in [3.05, 3.63) is 22.9 Å². The first-order chi connectivity index (χ1) is 12.8. The van der Waals surface area contributed by atoms with Crippen molar-refractivity contribution >= 4 is 17.8 Å². The number of aliphatic hydroxyl groups excluding tert-OH is 1. The van der Waals surface area contributed by atoms with E-state index in [1.165, 1.54) is 4.90 Å². The summed E-state index contributed by atoms with van der Waals surface area (Å²) in [5.41, 5.74) is 1.42. The van der Waals surface area contributed by atoms with Crippen LogP contribution in [0.25, 0.3) is 0 Å². The third-order valence-corrected chi connectivity index (χ3v) is 5.80.